The summed E-state index contributed by atoms with van der Waals surface area (Å²) in [6, 6.07) is 12.2. The number of nitrogens with zero attached hydrogens (tertiary/aromatic N) is 2. The summed E-state index contributed by atoms with van der Waals surface area (Å²) in [5.41, 5.74) is 1.36. The average molecular weight is 469 g/mol. The summed E-state index contributed by atoms with van der Waals surface area (Å²) < 4.78 is 27.1. The molecular formula is C20H18Cl2N2O3S2. The fraction of sp³-hybridized carbons (Fsp3) is 0.200. The van der Waals surface area contributed by atoms with Crippen LogP contribution in [0.2, 0.25) is 10.0 Å². The number of allylic oxidation sites excluding steroid dienone is 1. The lowest BCUT2D eigenvalue weighted by Crippen LogP contribution is -2.18. The van der Waals surface area contributed by atoms with E-state index < -0.39 is 15.7 Å². The van der Waals surface area contributed by atoms with Crippen molar-refractivity contribution in [2.45, 2.75) is 18.7 Å². The number of amides is 1. The molecule has 0 saturated heterocycles. The number of hydrogen-bond donors (Lipinski definition) is 0. The number of thiazole rings is 1. The number of carbonyl (C=O) groups is 1. The topological polar surface area (TPSA) is 68.5 Å². The lowest BCUT2D eigenvalue weighted by atomic mass is 10.2. The smallest absolute Gasteiger partial charge is 0.249 e. The molecule has 2 aromatic carbocycles. The molecule has 0 bridgehead atoms. The van der Waals surface area contributed by atoms with Crippen molar-refractivity contribution in [3.63, 3.8) is 0 Å². The van der Waals surface area contributed by atoms with E-state index in [0.717, 1.165) is 0 Å². The van der Waals surface area contributed by atoms with Crippen LogP contribution in [0.15, 0.2) is 60.1 Å². The maximum absolute atomic E-state index is 12.4. The van der Waals surface area contributed by atoms with E-state index in [2.05, 4.69) is 11.6 Å². The summed E-state index contributed by atoms with van der Waals surface area (Å²) in [7, 11) is -3.42. The molecule has 1 heterocycles. The monoisotopic (exact) mass is 468 g/mol. The van der Waals surface area contributed by atoms with Gasteiger partial charge in [0.25, 0.3) is 0 Å². The lowest BCUT2D eigenvalue weighted by molar-refractivity contribution is -0.117. The van der Waals surface area contributed by atoms with Crippen molar-refractivity contribution in [1.29, 1.82) is 0 Å². The Morgan fingerprint density at radius 1 is 1.14 bits per heavy atom. The Kier molecular flexibility index (Phi) is 6.95. The molecule has 3 rings (SSSR count). The molecule has 0 spiro atoms. The average Bonchev–Trinajstić information content (AvgIpc) is 3.03. The SMILES string of the molecule is C=CCn1c(=NC(=O)CCS(=O)(=O)Cc2ccccc2)sc2c(Cl)ccc(Cl)c21. The fourth-order valence-electron chi connectivity index (χ4n) is 2.80. The Balaban J connectivity index is 1.84. The molecule has 1 amide bonds. The minimum absolute atomic E-state index is 0.105. The molecule has 9 heteroatoms. The number of hydrogen-bond acceptors (Lipinski definition) is 4. The zero-order valence-electron chi connectivity index (χ0n) is 15.3. The second kappa shape index (κ2) is 9.26. The molecule has 5 nitrogen and oxygen atoms in total. The van der Waals surface area contributed by atoms with Crippen molar-refractivity contribution in [3.05, 3.63) is 75.5 Å². The third-order valence-electron chi connectivity index (χ3n) is 4.12. The first kappa shape index (κ1) is 21.8. The molecule has 152 valence electrons. The lowest BCUT2D eigenvalue weighted by Gasteiger charge is -2.04. The van der Waals surface area contributed by atoms with Gasteiger partial charge >= 0.3 is 0 Å². The highest BCUT2D eigenvalue weighted by atomic mass is 35.5. The molecule has 0 saturated carbocycles. The van der Waals surface area contributed by atoms with E-state index in [0.29, 0.717) is 37.2 Å². The predicted octanol–water partition coefficient (Wildman–Crippen LogP) is 4.63. The summed E-state index contributed by atoms with van der Waals surface area (Å²) in [5.74, 6) is -0.887. The molecule has 0 fully saturated rings. The fourth-order valence-corrected chi connectivity index (χ4v) is 5.80. The van der Waals surface area contributed by atoms with Crippen LogP contribution in [0.1, 0.15) is 12.0 Å². The summed E-state index contributed by atoms with van der Waals surface area (Å²) in [6.45, 7) is 4.11. The van der Waals surface area contributed by atoms with Gasteiger partial charge < -0.3 is 4.57 Å². The van der Waals surface area contributed by atoms with Crippen LogP contribution in [0.5, 0.6) is 0 Å². The molecule has 0 N–H and O–H groups in total. The van der Waals surface area contributed by atoms with Crippen LogP contribution in [0.3, 0.4) is 0 Å². The molecule has 0 aliphatic carbocycles. The highest BCUT2D eigenvalue weighted by Gasteiger charge is 2.16. The number of halogens is 2. The van der Waals surface area contributed by atoms with Gasteiger partial charge in [0, 0.05) is 13.0 Å². The molecule has 29 heavy (non-hydrogen) atoms. The van der Waals surface area contributed by atoms with Gasteiger partial charge in [0.2, 0.25) is 5.91 Å². The second-order valence-corrected chi connectivity index (χ2v) is 10.3. The van der Waals surface area contributed by atoms with Gasteiger partial charge in [-0.05, 0) is 17.7 Å². The third kappa shape index (κ3) is 5.36. The molecule has 0 atom stereocenters. The standard InChI is InChI=1S/C20H18Cl2N2O3S2/c1-2-11-24-18-15(21)8-9-16(22)19(18)28-20(24)23-17(25)10-12-29(26,27)13-14-6-4-3-5-7-14/h2-9H,1,10-13H2. The van der Waals surface area contributed by atoms with E-state index in [1.54, 1.807) is 47.0 Å². The first-order valence-electron chi connectivity index (χ1n) is 8.71. The highest BCUT2D eigenvalue weighted by Crippen LogP contribution is 2.31. The Morgan fingerprint density at radius 2 is 1.83 bits per heavy atom. The van der Waals surface area contributed by atoms with Gasteiger partial charge in [-0.1, -0.05) is 70.9 Å². The number of fused-ring (bicyclic) bond motifs is 1. The number of benzene rings is 2. The Labute approximate surface area is 182 Å². The van der Waals surface area contributed by atoms with Crippen LogP contribution < -0.4 is 4.80 Å². The summed E-state index contributed by atoms with van der Waals surface area (Å²) in [6.07, 6.45) is 1.47. The van der Waals surface area contributed by atoms with Gasteiger partial charge in [-0.3, -0.25) is 4.79 Å². The summed E-state index contributed by atoms with van der Waals surface area (Å²) in [4.78, 5) is 16.9. The normalized spacial score (nSPS) is 12.4. The van der Waals surface area contributed by atoms with Crippen LogP contribution in [0, 0.1) is 0 Å². The van der Waals surface area contributed by atoms with E-state index in [9.17, 15) is 13.2 Å². The maximum atomic E-state index is 12.4. The molecule has 0 aliphatic heterocycles. The van der Waals surface area contributed by atoms with Gasteiger partial charge in [-0.15, -0.1) is 6.58 Å². The van der Waals surface area contributed by atoms with Crippen LogP contribution in [-0.2, 0) is 26.9 Å². The van der Waals surface area contributed by atoms with Crippen molar-refractivity contribution in [3.8, 4) is 0 Å². The van der Waals surface area contributed by atoms with Crippen LogP contribution in [-0.4, -0.2) is 24.6 Å². The first-order valence-corrected chi connectivity index (χ1v) is 12.1. The Morgan fingerprint density at radius 3 is 2.52 bits per heavy atom. The van der Waals surface area contributed by atoms with E-state index in [4.69, 9.17) is 23.2 Å². The van der Waals surface area contributed by atoms with Gasteiger partial charge in [0.05, 0.1) is 31.8 Å². The van der Waals surface area contributed by atoms with Crippen LogP contribution >= 0.6 is 34.5 Å². The van der Waals surface area contributed by atoms with E-state index in [1.165, 1.54) is 11.3 Å². The number of sulfone groups is 1. The minimum Gasteiger partial charge on any atom is -0.311 e. The largest absolute Gasteiger partial charge is 0.311 e. The van der Waals surface area contributed by atoms with E-state index >= 15 is 0 Å². The zero-order valence-corrected chi connectivity index (χ0v) is 18.5. The third-order valence-corrected chi connectivity index (χ3v) is 7.56. The molecular weight excluding hydrogens is 451 g/mol. The molecule has 1 aromatic heterocycles. The van der Waals surface area contributed by atoms with Gasteiger partial charge in [-0.2, -0.15) is 4.99 Å². The highest BCUT2D eigenvalue weighted by molar-refractivity contribution is 7.90. The molecule has 0 aliphatic rings. The molecule has 0 radical (unpaired) electrons. The van der Waals surface area contributed by atoms with Crippen molar-refractivity contribution < 1.29 is 13.2 Å². The molecule has 0 unspecified atom stereocenters. The zero-order chi connectivity index (χ0) is 21.0. The Bertz CT molecular complexity index is 1230. The van der Waals surface area contributed by atoms with Crippen LogP contribution in [0.25, 0.3) is 10.2 Å². The van der Waals surface area contributed by atoms with Gasteiger partial charge in [-0.25, -0.2) is 8.42 Å². The van der Waals surface area contributed by atoms with Crippen LogP contribution in [0.4, 0.5) is 0 Å². The van der Waals surface area contributed by atoms with E-state index in [1.807, 2.05) is 6.07 Å². The Hall–Kier alpha value is -1.93. The number of rotatable bonds is 7. The van der Waals surface area contributed by atoms with E-state index in [-0.39, 0.29) is 17.9 Å². The van der Waals surface area contributed by atoms with Gasteiger partial charge in [0.1, 0.15) is 0 Å². The minimum atomic E-state index is -3.42. The van der Waals surface area contributed by atoms with Crippen molar-refractivity contribution >= 4 is 60.5 Å². The number of aromatic nitrogens is 1. The molecule has 3 aromatic rings. The summed E-state index contributed by atoms with van der Waals surface area (Å²) in [5, 5.41) is 0.994. The second-order valence-electron chi connectivity index (χ2n) is 6.32. The maximum Gasteiger partial charge on any atom is 0.249 e. The number of carbonyl (C=O) groups excluding carboxylic acids is 1. The first-order chi connectivity index (χ1) is 13.8. The van der Waals surface area contributed by atoms with Crippen molar-refractivity contribution in [2.75, 3.05) is 5.75 Å². The summed E-state index contributed by atoms with van der Waals surface area (Å²) >= 11 is 13.8. The van der Waals surface area contributed by atoms with Crippen molar-refractivity contribution in [2.24, 2.45) is 4.99 Å². The van der Waals surface area contributed by atoms with Gasteiger partial charge in [0.15, 0.2) is 14.6 Å². The quantitative estimate of drug-likeness (QED) is 0.474. The predicted molar refractivity (Wildman–Crippen MR) is 119 cm³/mol. The van der Waals surface area contributed by atoms with Crippen molar-refractivity contribution in [1.82, 2.24) is 4.57 Å².